The number of nitrogens with zero attached hydrogens (tertiary/aromatic N) is 1. The van der Waals surface area contributed by atoms with Gasteiger partial charge in [-0.05, 0) is 93.2 Å². The first-order valence-electron chi connectivity index (χ1n) is 8.91. The molecule has 0 aliphatic rings. The number of anilines is 1. The van der Waals surface area contributed by atoms with E-state index >= 15 is 0 Å². The number of ether oxygens (including phenoxy) is 1. The van der Waals surface area contributed by atoms with Gasteiger partial charge in [0.15, 0.2) is 0 Å². The number of nitriles is 1. The lowest BCUT2D eigenvalue weighted by atomic mass is 10.1. The number of amides is 1. The molecule has 0 atom stereocenters. The van der Waals surface area contributed by atoms with Gasteiger partial charge >= 0.3 is 0 Å². The highest BCUT2D eigenvalue weighted by molar-refractivity contribution is 14.1. The van der Waals surface area contributed by atoms with Gasteiger partial charge in [-0.3, -0.25) is 4.79 Å². The van der Waals surface area contributed by atoms with Crippen LogP contribution in [0.2, 0.25) is 10.0 Å². The second-order valence-corrected chi connectivity index (χ2v) is 9.50. The number of benzene rings is 3. The number of carbonyl (C=O) groups excluding carboxylic acids is 1. The van der Waals surface area contributed by atoms with Gasteiger partial charge in [-0.25, -0.2) is 0 Å². The van der Waals surface area contributed by atoms with Gasteiger partial charge in [-0.2, -0.15) is 5.26 Å². The average Bonchev–Trinajstić information content (AvgIpc) is 2.73. The second-order valence-electron chi connectivity index (χ2n) is 6.33. The zero-order chi connectivity index (χ0) is 22.4. The van der Waals surface area contributed by atoms with Gasteiger partial charge in [0.1, 0.15) is 24.0 Å². The zero-order valence-electron chi connectivity index (χ0n) is 15.8. The fraction of sp³-hybridized carbons (Fsp3) is 0.0435. The van der Waals surface area contributed by atoms with Crippen molar-refractivity contribution in [3.63, 3.8) is 0 Å². The van der Waals surface area contributed by atoms with Crippen molar-refractivity contribution < 1.29 is 9.53 Å². The van der Waals surface area contributed by atoms with Gasteiger partial charge in [-0.1, -0.05) is 47.5 Å². The van der Waals surface area contributed by atoms with Crippen LogP contribution in [0, 0.1) is 18.5 Å². The molecule has 0 aliphatic heterocycles. The molecule has 0 saturated carbocycles. The standard InChI is InChI=1S/C23H14Cl2I2N2O2/c24-17-7-6-15(19(25)11-17)13-31-22-20(26)9-14(10-21(22)27)8-16(12-28)23(30)29-18-4-2-1-3-5-18/h1-11H,13H2,(H,29,30)/b16-8-. The summed E-state index contributed by atoms with van der Waals surface area (Å²) in [5, 5.41) is 13.3. The summed E-state index contributed by atoms with van der Waals surface area (Å²) in [7, 11) is 0. The maximum Gasteiger partial charge on any atom is 0.266 e. The van der Waals surface area contributed by atoms with Crippen molar-refractivity contribution in [2.24, 2.45) is 0 Å². The second kappa shape index (κ2) is 11.2. The summed E-state index contributed by atoms with van der Waals surface area (Å²) in [6.45, 7) is 0.292. The van der Waals surface area contributed by atoms with Crippen molar-refractivity contribution in [3.8, 4) is 11.8 Å². The van der Waals surface area contributed by atoms with E-state index in [0.717, 1.165) is 18.3 Å². The third kappa shape index (κ3) is 6.59. The number of carbonyl (C=O) groups is 1. The Labute approximate surface area is 217 Å². The molecule has 3 aromatic rings. The number of rotatable bonds is 6. The highest BCUT2D eigenvalue weighted by Gasteiger charge is 2.13. The van der Waals surface area contributed by atoms with Crippen LogP contribution in [0.3, 0.4) is 0 Å². The smallest absolute Gasteiger partial charge is 0.266 e. The molecule has 0 aromatic heterocycles. The molecule has 3 rings (SSSR count). The normalized spacial score (nSPS) is 11.0. The summed E-state index contributed by atoms with van der Waals surface area (Å²) in [5.41, 5.74) is 2.19. The first kappa shape index (κ1) is 23.9. The molecule has 0 heterocycles. The largest absolute Gasteiger partial charge is 0.487 e. The molecule has 0 radical (unpaired) electrons. The van der Waals surface area contributed by atoms with E-state index < -0.39 is 5.91 Å². The van der Waals surface area contributed by atoms with Crippen molar-refractivity contribution in [1.29, 1.82) is 5.26 Å². The maximum absolute atomic E-state index is 12.4. The average molecular weight is 675 g/mol. The number of nitrogens with one attached hydrogen (secondary N) is 1. The van der Waals surface area contributed by atoms with E-state index in [1.165, 1.54) is 0 Å². The van der Waals surface area contributed by atoms with Gasteiger partial charge < -0.3 is 10.1 Å². The molecule has 8 heteroatoms. The molecule has 1 N–H and O–H groups in total. The van der Waals surface area contributed by atoms with Crippen LogP contribution >= 0.6 is 68.4 Å². The monoisotopic (exact) mass is 674 g/mol. The summed E-state index contributed by atoms with van der Waals surface area (Å²) in [6, 6.07) is 19.9. The van der Waals surface area contributed by atoms with Gasteiger partial charge in [0.25, 0.3) is 5.91 Å². The summed E-state index contributed by atoms with van der Waals surface area (Å²) < 4.78 is 7.68. The number of para-hydroxylation sites is 1. The predicted octanol–water partition coefficient (Wildman–Crippen LogP) is 7.33. The summed E-state index contributed by atoms with van der Waals surface area (Å²) in [5.74, 6) is 0.244. The molecule has 31 heavy (non-hydrogen) atoms. The first-order chi connectivity index (χ1) is 14.9. The Balaban J connectivity index is 1.78. The van der Waals surface area contributed by atoms with E-state index in [-0.39, 0.29) is 5.57 Å². The van der Waals surface area contributed by atoms with E-state index in [1.807, 2.05) is 42.5 Å². The quantitative estimate of drug-likeness (QED) is 0.169. The first-order valence-corrected chi connectivity index (χ1v) is 11.8. The molecule has 1 amide bonds. The Morgan fingerprint density at radius 3 is 2.35 bits per heavy atom. The molecule has 0 unspecified atom stereocenters. The fourth-order valence-electron chi connectivity index (χ4n) is 2.62. The van der Waals surface area contributed by atoms with E-state index in [2.05, 4.69) is 50.5 Å². The topological polar surface area (TPSA) is 62.1 Å². The van der Waals surface area contributed by atoms with Gasteiger partial charge in [0, 0.05) is 21.3 Å². The van der Waals surface area contributed by atoms with Crippen molar-refractivity contribution in [2.75, 3.05) is 5.32 Å². The number of halogens is 4. The van der Waals surface area contributed by atoms with E-state index in [4.69, 9.17) is 27.9 Å². The molecule has 0 aliphatic carbocycles. The van der Waals surface area contributed by atoms with Crippen LogP contribution < -0.4 is 10.1 Å². The minimum Gasteiger partial charge on any atom is -0.487 e. The zero-order valence-corrected chi connectivity index (χ0v) is 21.7. The molecule has 0 saturated heterocycles. The van der Waals surface area contributed by atoms with Crippen LogP contribution in [0.5, 0.6) is 5.75 Å². The molecule has 156 valence electrons. The number of hydrogen-bond donors (Lipinski definition) is 1. The van der Waals surface area contributed by atoms with Crippen LogP contribution in [0.25, 0.3) is 6.08 Å². The van der Waals surface area contributed by atoms with Crippen molar-refractivity contribution in [3.05, 3.63) is 94.5 Å². The number of hydrogen-bond acceptors (Lipinski definition) is 3. The van der Waals surface area contributed by atoms with Gasteiger partial charge in [0.05, 0.1) is 7.14 Å². The minimum absolute atomic E-state index is 0.0112. The van der Waals surface area contributed by atoms with Crippen LogP contribution in [0.15, 0.2) is 66.2 Å². The van der Waals surface area contributed by atoms with E-state index in [1.54, 1.807) is 30.3 Å². The Morgan fingerprint density at radius 2 is 1.74 bits per heavy atom. The fourth-order valence-corrected chi connectivity index (χ4v) is 5.22. The van der Waals surface area contributed by atoms with E-state index in [0.29, 0.717) is 28.1 Å². The summed E-state index contributed by atoms with van der Waals surface area (Å²) >= 11 is 16.5. The highest BCUT2D eigenvalue weighted by atomic mass is 127. The van der Waals surface area contributed by atoms with Crippen molar-refractivity contribution >= 4 is 86.1 Å². The molecule has 3 aromatic carbocycles. The molecule has 0 bridgehead atoms. The SMILES string of the molecule is N#C/C(=C/c1cc(I)c(OCc2ccc(Cl)cc2Cl)c(I)c1)C(=O)Nc1ccccc1. The van der Waals surface area contributed by atoms with Crippen LogP contribution in [0.4, 0.5) is 5.69 Å². The van der Waals surface area contributed by atoms with Crippen LogP contribution in [0.1, 0.15) is 11.1 Å². The molecule has 0 fully saturated rings. The Kier molecular flexibility index (Phi) is 8.60. The maximum atomic E-state index is 12.4. The van der Waals surface area contributed by atoms with Crippen molar-refractivity contribution in [1.82, 2.24) is 0 Å². The summed E-state index contributed by atoms with van der Waals surface area (Å²) in [4.78, 5) is 12.4. The van der Waals surface area contributed by atoms with Crippen LogP contribution in [-0.4, -0.2) is 5.91 Å². The molecular weight excluding hydrogens is 661 g/mol. The Bertz CT molecular complexity index is 1170. The molecule has 4 nitrogen and oxygen atoms in total. The van der Waals surface area contributed by atoms with Gasteiger partial charge in [-0.15, -0.1) is 0 Å². The lowest BCUT2D eigenvalue weighted by molar-refractivity contribution is -0.112. The minimum atomic E-state index is -0.462. The Morgan fingerprint density at radius 1 is 1.06 bits per heavy atom. The lowest BCUT2D eigenvalue weighted by Crippen LogP contribution is -2.13. The lowest BCUT2D eigenvalue weighted by Gasteiger charge is -2.13. The van der Waals surface area contributed by atoms with E-state index in [9.17, 15) is 10.1 Å². The van der Waals surface area contributed by atoms with Crippen LogP contribution in [-0.2, 0) is 11.4 Å². The van der Waals surface area contributed by atoms with Gasteiger partial charge in [0.2, 0.25) is 0 Å². The third-order valence-corrected chi connectivity index (χ3v) is 6.31. The Hall–Kier alpha value is -1.80. The summed E-state index contributed by atoms with van der Waals surface area (Å²) in [6.07, 6.45) is 1.56. The predicted molar refractivity (Wildman–Crippen MR) is 141 cm³/mol. The molecular formula is C23H14Cl2I2N2O2. The highest BCUT2D eigenvalue weighted by Crippen LogP contribution is 2.31. The third-order valence-electron chi connectivity index (χ3n) is 4.12. The molecule has 0 spiro atoms. The van der Waals surface area contributed by atoms with Crippen molar-refractivity contribution in [2.45, 2.75) is 6.61 Å².